The van der Waals surface area contributed by atoms with Crippen molar-refractivity contribution in [3.05, 3.63) is 22.5 Å². The molecular weight excluding hydrogens is 212 g/mol. The summed E-state index contributed by atoms with van der Waals surface area (Å²) in [5.74, 6) is -0.928. The largest absolute Gasteiger partial charge is 0.477 e. The Bertz CT molecular complexity index is 485. The smallest absolute Gasteiger partial charge is 0.354 e. The Labute approximate surface area is 92.2 Å². The van der Waals surface area contributed by atoms with Crippen molar-refractivity contribution >= 4 is 22.3 Å². The Morgan fingerprint density at radius 2 is 2.07 bits per heavy atom. The van der Waals surface area contributed by atoms with Gasteiger partial charge in [0.15, 0.2) is 10.7 Å². The van der Waals surface area contributed by atoms with Gasteiger partial charge in [0.2, 0.25) is 0 Å². The average molecular weight is 226 g/mol. The maximum absolute atomic E-state index is 10.8. The zero-order chi connectivity index (χ0) is 11.6. The number of aryl methyl sites for hydroxylation is 2. The topological polar surface area (TPSA) is 54.6 Å². The summed E-state index contributed by atoms with van der Waals surface area (Å²) >= 11 is 1.49. The molecule has 0 bridgehead atoms. The minimum Gasteiger partial charge on any atom is -0.477 e. The number of nitrogens with zero attached hydrogens (tertiary/aromatic N) is 2. The van der Waals surface area contributed by atoms with E-state index in [0.717, 1.165) is 9.84 Å². The molecule has 0 aliphatic heterocycles. The molecule has 4 nitrogen and oxygen atoms in total. The summed E-state index contributed by atoms with van der Waals surface area (Å²) in [6.07, 6.45) is 1.80. The maximum Gasteiger partial charge on any atom is 0.354 e. The van der Waals surface area contributed by atoms with E-state index in [2.05, 4.69) is 4.98 Å². The van der Waals surface area contributed by atoms with Gasteiger partial charge in [0, 0.05) is 11.1 Å². The molecule has 0 saturated carbocycles. The van der Waals surface area contributed by atoms with Gasteiger partial charge in [-0.05, 0) is 13.8 Å². The Balaban J connectivity index is 0.000000531. The highest BCUT2D eigenvalue weighted by atomic mass is 32.1. The van der Waals surface area contributed by atoms with E-state index in [1.807, 2.05) is 20.8 Å². The highest BCUT2D eigenvalue weighted by Gasteiger charge is 2.16. The first-order chi connectivity index (χ1) is 7.09. The molecule has 0 saturated heterocycles. The van der Waals surface area contributed by atoms with Gasteiger partial charge in [-0.2, -0.15) is 0 Å². The first kappa shape index (κ1) is 11.7. The normalized spacial score (nSPS) is 9.87. The fourth-order valence-corrected chi connectivity index (χ4v) is 2.19. The number of imidazole rings is 1. The van der Waals surface area contributed by atoms with Crippen molar-refractivity contribution in [3.63, 3.8) is 0 Å². The Morgan fingerprint density at radius 1 is 1.47 bits per heavy atom. The number of hydrogen-bond donors (Lipinski definition) is 1. The monoisotopic (exact) mass is 226 g/mol. The van der Waals surface area contributed by atoms with E-state index in [1.54, 1.807) is 17.5 Å². The predicted octanol–water partition coefficient (Wildman–Crippen LogP) is 2.74. The lowest BCUT2D eigenvalue weighted by atomic mass is 10.3. The van der Waals surface area contributed by atoms with Crippen molar-refractivity contribution in [3.8, 4) is 0 Å². The number of carbonyl (C=O) groups is 1. The van der Waals surface area contributed by atoms with E-state index in [9.17, 15) is 4.79 Å². The lowest BCUT2D eigenvalue weighted by Gasteiger charge is -1.91. The quantitative estimate of drug-likeness (QED) is 0.813. The van der Waals surface area contributed by atoms with E-state index >= 15 is 0 Å². The molecule has 1 N–H and O–H groups in total. The maximum atomic E-state index is 10.8. The van der Waals surface area contributed by atoms with E-state index in [1.165, 1.54) is 11.3 Å². The van der Waals surface area contributed by atoms with Gasteiger partial charge in [-0.1, -0.05) is 13.8 Å². The third-order valence-corrected chi connectivity index (χ3v) is 2.72. The van der Waals surface area contributed by atoms with Gasteiger partial charge >= 0.3 is 5.97 Å². The molecule has 0 radical (unpaired) electrons. The highest BCUT2D eigenvalue weighted by Crippen LogP contribution is 2.20. The van der Waals surface area contributed by atoms with Crippen LogP contribution in [0.1, 0.15) is 34.9 Å². The van der Waals surface area contributed by atoms with Gasteiger partial charge < -0.3 is 5.11 Å². The van der Waals surface area contributed by atoms with Crippen molar-refractivity contribution in [2.24, 2.45) is 0 Å². The molecule has 0 atom stereocenters. The SMILES string of the molecule is CC.Cc1cn2c(C(=O)O)c(C)nc2s1. The number of carboxylic acids is 1. The Morgan fingerprint density at radius 3 is 2.60 bits per heavy atom. The predicted molar refractivity (Wildman–Crippen MR) is 60.9 cm³/mol. The minimum absolute atomic E-state index is 0.263. The van der Waals surface area contributed by atoms with Crippen LogP contribution in [0.3, 0.4) is 0 Å². The van der Waals surface area contributed by atoms with Gasteiger partial charge in [0.1, 0.15) is 0 Å². The van der Waals surface area contributed by atoms with Crippen molar-refractivity contribution in [2.45, 2.75) is 27.7 Å². The molecule has 2 rings (SSSR count). The number of carboxylic acid groups (broad SMARTS) is 1. The zero-order valence-electron chi connectivity index (χ0n) is 9.24. The number of thiazole rings is 1. The summed E-state index contributed by atoms with van der Waals surface area (Å²) in [5, 5.41) is 8.91. The Hall–Kier alpha value is -1.36. The molecule has 15 heavy (non-hydrogen) atoms. The second-order valence-electron chi connectivity index (χ2n) is 2.85. The van der Waals surface area contributed by atoms with Crippen LogP contribution in [0.2, 0.25) is 0 Å². The molecule has 5 heteroatoms. The molecule has 2 aromatic heterocycles. The van der Waals surface area contributed by atoms with Crippen LogP contribution in [0.15, 0.2) is 6.20 Å². The number of aromatic nitrogens is 2. The first-order valence-corrected chi connectivity index (χ1v) is 5.59. The average Bonchev–Trinajstić information content (AvgIpc) is 2.62. The lowest BCUT2D eigenvalue weighted by Crippen LogP contribution is -2.02. The van der Waals surface area contributed by atoms with Gasteiger partial charge in [-0.3, -0.25) is 4.40 Å². The molecule has 0 spiro atoms. The molecule has 0 aliphatic carbocycles. The molecule has 0 unspecified atom stereocenters. The van der Waals surface area contributed by atoms with Crippen LogP contribution < -0.4 is 0 Å². The van der Waals surface area contributed by atoms with E-state index < -0.39 is 5.97 Å². The molecule has 2 aromatic rings. The zero-order valence-corrected chi connectivity index (χ0v) is 10.1. The fourth-order valence-electron chi connectivity index (χ4n) is 1.32. The summed E-state index contributed by atoms with van der Waals surface area (Å²) in [4.78, 5) is 16.8. The summed E-state index contributed by atoms with van der Waals surface area (Å²) in [7, 11) is 0. The van der Waals surface area contributed by atoms with Crippen LogP contribution in [0.4, 0.5) is 0 Å². The third kappa shape index (κ3) is 2.02. The molecule has 0 aliphatic rings. The van der Waals surface area contributed by atoms with Crippen LogP contribution in [-0.2, 0) is 0 Å². The second kappa shape index (κ2) is 4.44. The van der Waals surface area contributed by atoms with Crippen LogP contribution in [0.25, 0.3) is 4.96 Å². The summed E-state index contributed by atoms with van der Waals surface area (Å²) < 4.78 is 1.62. The van der Waals surface area contributed by atoms with E-state index in [-0.39, 0.29) is 5.69 Å². The van der Waals surface area contributed by atoms with Crippen LogP contribution >= 0.6 is 11.3 Å². The van der Waals surface area contributed by atoms with Crippen molar-refractivity contribution < 1.29 is 9.90 Å². The van der Waals surface area contributed by atoms with Crippen molar-refractivity contribution in [1.29, 1.82) is 0 Å². The van der Waals surface area contributed by atoms with Gasteiger partial charge in [-0.25, -0.2) is 9.78 Å². The molecule has 0 aromatic carbocycles. The van der Waals surface area contributed by atoms with E-state index in [0.29, 0.717) is 5.69 Å². The van der Waals surface area contributed by atoms with Crippen molar-refractivity contribution in [1.82, 2.24) is 9.38 Å². The lowest BCUT2D eigenvalue weighted by molar-refractivity contribution is 0.0688. The van der Waals surface area contributed by atoms with Crippen molar-refractivity contribution in [2.75, 3.05) is 0 Å². The van der Waals surface area contributed by atoms with E-state index in [4.69, 9.17) is 5.11 Å². The Kier molecular flexibility index (Phi) is 3.47. The molecule has 0 fully saturated rings. The molecule has 82 valence electrons. The van der Waals surface area contributed by atoms with Crippen LogP contribution in [0.5, 0.6) is 0 Å². The van der Waals surface area contributed by atoms with Gasteiger partial charge in [0.25, 0.3) is 0 Å². The van der Waals surface area contributed by atoms with Gasteiger partial charge in [0.05, 0.1) is 5.69 Å². The standard InChI is InChI=1S/C8H8N2O2S.C2H6/c1-4-3-10-6(7(11)12)5(2)9-8(10)13-4;1-2/h3H,1-2H3,(H,11,12);1-2H3. The number of fused-ring (bicyclic) bond motifs is 1. The number of hydrogen-bond acceptors (Lipinski definition) is 3. The number of aromatic carboxylic acids is 1. The third-order valence-electron chi connectivity index (χ3n) is 1.82. The second-order valence-corrected chi connectivity index (χ2v) is 4.06. The minimum atomic E-state index is -0.928. The van der Waals surface area contributed by atoms with Crippen LogP contribution in [0, 0.1) is 13.8 Å². The summed E-state index contributed by atoms with van der Waals surface area (Å²) in [6, 6.07) is 0. The fraction of sp³-hybridized carbons (Fsp3) is 0.400. The molecule has 2 heterocycles. The molecular formula is C10H14N2O2S. The highest BCUT2D eigenvalue weighted by molar-refractivity contribution is 7.17. The van der Waals surface area contributed by atoms with Gasteiger partial charge in [-0.15, -0.1) is 11.3 Å². The molecule has 0 amide bonds. The number of rotatable bonds is 1. The first-order valence-electron chi connectivity index (χ1n) is 4.78. The summed E-state index contributed by atoms with van der Waals surface area (Å²) in [5.41, 5.74) is 0.832. The van der Waals surface area contributed by atoms with Crippen LogP contribution in [-0.4, -0.2) is 20.5 Å². The summed E-state index contributed by atoms with van der Waals surface area (Å²) in [6.45, 7) is 7.64.